The molecule has 2 rings (SSSR count). The number of aliphatic imine (C=N–C) groups is 1. The van der Waals surface area contributed by atoms with E-state index in [1.807, 2.05) is 32.3 Å². The Kier molecular flexibility index (Phi) is 6.49. The molecule has 9 heteroatoms. The van der Waals surface area contributed by atoms with Gasteiger partial charge in [0.1, 0.15) is 18.7 Å². The molecule has 25 heavy (non-hydrogen) atoms. The minimum absolute atomic E-state index is 0.159. The van der Waals surface area contributed by atoms with Crippen molar-refractivity contribution in [1.82, 2.24) is 35.5 Å². The van der Waals surface area contributed by atoms with E-state index in [4.69, 9.17) is 4.52 Å². The molecule has 0 radical (unpaired) electrons. The second-order valence-electron chi connectivity index (χ2n) is 6.68. The average Bonchev–Trinajstić information content (AvgIpc) is 3.21. The monoisotopic (exact) mass is 348 g/mol. The Morgan fingerprint density at radius 1 is 1.28 bits per heavy atom. The Hall–Kier alpha value is -2.45. The fraction of sp³-hybridized carbons (Fsp3) is 0.688. The van der Waals surface area contributed by atoms with Gasteiger partial charge in [0.25, 0.3) is 0 Å². The third kappa shape index (κ3) is 5.54. The van der Waals surface area contributed by atoms with Gasteiger partial charge in [-0.05, 0) is 6.92 Å². The zero-order valence-corrected chi connectivity index (χ0v) is 15.7. The van der Waals surface area contributed by atoms with E-state index in [9.17, 15) is 0 Å². The number of guanidine groups is 1. The molecule has 0 aliphatic heterocycles. The summed E-state index contributed by atoms with van der Waals surface area (Å²) in [6, 6.07) is 0. The lowest BCUT2D eigenvalue weighted by molar-refractivity contribution is 0.318. The van der Waals surface area contributed by atoms with E-state index in [2.05, 4.69) is 42.9 Å². The Bertz CT molecular complexity index is 682. The highest BCUT2D eigenvalue weighted by Gasteiger charge is 2.21. The maximum absolute atomic E-state index is 5.29. The van der Waals surface area contributed by atoms with Crippen molar-refractivity contribution in [1.29, 1.82) is 0 Å². The highest BCUT2D eigenvalue weighted by atomic mass is 16.5. The minimum Gasteiger partial charge on any atom is -0.357 e. The van der Waals surface area contributed by atoms with Crippen molar-refractivity contribution >= 4 is 5.96 Å². The molecule has 0 fully saturated rings. The van der Waals surface area contributed by atoms with Gasteiger partial charge in [-0.15, -0.1) is 10.2 Å². The van der Waals surface area contributed by atoms with Crippen LogP contribution >= 0.6 is 0 Å². The maximum Gasteiger partial charge on any atom is 0.232 e. The lowest BCUT2D eigenvalue weighted by Crippen LogP contribution is -2.39. The Morgan fingerprint density at radius 3 is 2.72 bits per heavy atom. The number of aromatic nitrogens is 5. The number of nitrogens with one attached hydrogen (secondary N) is 2. The lowest BCUT2D eigenvalue weighted by atomic mass is 9.97. The summed E-state index contributed by atoms with van der Waals surface area (Å²) in [7, 11) is 0. The van der Waals surface area contributed by atoms with Crippen LogP contribution in [0.3, 0.4) is 0 Å². The normalized spacial score (nSPS) is 12.4. The Balaban J connectivity index is 1.90. The third-order valence-corrected chi connectivity index (χ3v) is 3.49. The van der Waals surface area contributed by atoms with Gasteiger partial charge in [-0.3, -0.25) is 0 Å². The highest BCUT2D eigenvalue weighted by molar-refractivity contribution is 5.79. The molecule has 0 unspecified atom stereocenters. The summed E-state index contributed by atoms with van der Waals surface area (Å²) in [5.74, 6) is 2.89. The smallest absolute Gasteiger partial charge is 0.232 e. The molecule has 2 N–H and O–H groups in total. The molecule has 0 saturated heterocycles. The van der Waals surface area contributed by atoms with E-state index in [-0.39, 0.29) is 5.41 Å². The van der Waals surface area contributed by atoms with Crippen LogP contribution in [0.1, 0.15) is 52.2 Å². The van der Waals surface area contributed by atoms with Crippen LogP contribution in [0.5, 0.6) is 0 Å². The molecule has 0 saturated carbocycles. The fourth-order valence-corrected chi connectivity index (χ4v) is 2.15. The molecule has 138 valence electrons. The largest absolute Gasteiger partial charge is 0.357 e. The summed E-state index contributed by atoms with van der Waals surface area (Å²) in [5, 5.41) is 18.5. The summed E-state index contributed by atoms with van der Waals surface area (Å²) < 4.78 is 7.32. The van der Waals surface area contributed by atoms with Crippen molar-refractivity contribution in [3.05, 3.63) is 23.9 Å². The Labute approximate surface area is 148 Å². The summed E-state index contributed by atoms with van der Waals surface area (Å²) in [4.78, 5) is 8.91. The molecule has 2 aromatic rings. The molecule has 0 aromatic carbocycles. The molecule has 9 nitrogen and oxygen atoms in total. The van der Waals surface area contributed by atoms with Crippen LogP contribution in [0, 0.1) is 0 Å². The van der Waals surface area contributed by atoms with Crippen molar-refractivity contribution < 1.29 is 4.52 Å². The van der Waals surface area contributed by atoms with Gasteiger partial charge in [-0.25, -0.2) is 4.99 Å². The van der Waals surface area contributed by atoms with Crippen molar-refractivity contribution in [3.8, 4) is 0 Å². The van der Waals surface area contributed by atoms with E-state index in [0.29, 0.717) is 18.3 Å². The molecule has 0 aliphatic carbocycles. The van der Waals surface area contributed by atoms with Crippen LogP contribution in [-0.2, 0) is 24.9 Å². The summed E-state index contributed by atoms with van der Waals surface area (Å²) >= 11 is 0. The first-order valence-corrected chi connectivity index (χ1v) is 8.66. The van der Waals surface area contributed by atoms with Crippen LogP contribution in [0.4, 0.5) is 0 Å². The van der Waals surface area contributed by atoms with Gasteiger partial charge in [0, 0.05) is 31.5 Å². The van der Waals surface area contributed by atoms with Crippen molar-refractivity contribution in [2.75, 3.05) is 13.1 Å². The van der Waals surface area contributed by atoms with Gasteiger partial charge in [0.05, 0.1) is 0 Å². The summed E-state index contributed by atoms with van der Waals surface area (Å²) in [5.41, 5.74) is -0.159. The first-order chi connectivity index (χ1) is 11.9. The van der Waals surface area contributed by atoms with Crippen LogP contribution in [-0.4, -0.2) is 44.0 Å². The quantitative estimate of drug-likeness (QED) is 0.573. The number of rotatable bonds is 7. The molecular formula is C16H28N8O. The van der Waals surface area contributed by atoms with Crippen LogP contribution in [0.25, 0.3) is 0 Å². The molecule has 0 spiro atoms. The Morgan fingerprint density at radius 2 is 2.08 bits per heavy atom. The lowest BCUT2D eigenvalue weighted by Gasteiger charge is -2.12. The zero-order valence-electron chi connectivity index (χ0n) is 15.7. The van der Waals surface area contributed by atoms with Crippen LogP contribution in [0.2, 0.25) is 0 Å². The van der Waals surface area contributed by atoms with Crippen molar-refractivity contribution in [2.24, 2.45) is 4.99 Å². The second kappa shape index (κ2) is 8.59. The van der Waals surface area contributed by atoms with E-state index < -0.39 is 0 Å². The number of nitrogens with zero attached hydrogens (tertiary/aromatic N) is 6. The third-order valence-electron chi connectivity index (χ3n) is 3.49. The average molecular weight is 348 g/mol. The van der Waals surface area contributed by atoms with Crippen LogP contribution < -0.4 is 10.6 Å². The SMILES string of the molecule is CCNC(=NCc1noc(C(C)(C)C)n1)NCCn1cnnc1CC. The van der Waals surface area contributed by atoms with Gasteiger partial charge < -0.3 is 19.7 Å². The van der Waals surface area contributed by atoms with E-state index in [1.54, 1.807) is 6.33 Å². The number of aryl methyl sites for hydroxylation is 1. The highest BCUT2D eigenvalue weighted by Crippen LogP contribution is 2.19. The zero-order chi connectivity index (χ0) is 18.3. The number of hydrogen-bond donors (Lipinski definition) is 2. The van der Waals surface area contributed by atoms with E-state index in [0.717, 1.165) is 37.8 Å². The van der Waals surface area contributed by atoms with Gasteiger partial charge in [0.2, 0.25) is 5.89 Å². The summed E-state index contributed by atoms with van der Waals surface area (Å²) in [6.07, 6.45) is 2.61. The predicted molar refractivity (Wildman–Crippen MR) is 95.2 cm³/mol. The van der Waals surface area contributed by atoms with Gasteiger partial charge in [-0.2, -0.15) is 4.98 Å². The summed E-state index contributed by atoms with van der Waals surface area (Å²) in [6.45, 7) is 12.8. The van der Waals surface area contributed by atoms with Gasteiger partial charge in [0.15, 0.2) is 11.8 Å². The first-order valence-electron chi connectivity index (χ1n) is 8.66. The topological polar surface area (TPSA) is 106 Å². The minimum atomic E-state index is -0.159. The molecular weight excluding hydrogens is 320 g/mol. The molecule has 2 heterocycles. The van der Waals surface area contributed by atoms with Crippen LogP contribution in [0.15, 0.2) is 15.8 Å². The fourth-order valence-electron chi connectivity index (χ4n) is 2.15. The van der Waals surface area contributed by atoms with E-state index >= 15 is 0 Å². The molecule has 0 bridgehead atoms. The molecule has 0 amide bonds. The van der Waals surface area contributed by atoms with E-state index in [1.165, 1.54) is 0 Å². The maximum atomic E-state index is 5.29. The second-order valence-corrected chi connectivity index (χ2v) is 6.68. The van der Waals surface area contributed by atoms with Crippen molar-refractivity contribution in [2.45, 2.75) is 59.5 Å². The van der Waals surface area contributed by atoms with Gasteiger partial charge >= 0.3 is 0 Å². The van der Waals surface area contributed by atoms with Gasteiger partial charge in [-0.1, -0.05) is 32.9 Å². The first kappa shape index (κ1) is 18.9. The number of hydrogen-bond acceptors (Lipinski definition) is 6. The molecule has 0 aliphatic rings. The van der Waals surface area contributed by atoms with Crippen molar-refractivity contribution in [3.63, 3.8) is 0 Å². The predicted octanol–water partition coefficient (Wildman–Crippen LogP) is 1.28. The molecule has 0 atom stereocenters. The standard InChI is InChI=1S/C16H28N8O/c1-6-13-22-20-11-24(13)9-8-18-15(17-7-2)19-10-12-21-14(25-23-12)16(3,4)5/h11H,6-10H2,1-5H3,(H2,17,18,19). The molecule has 2 aromatic heterocycles.